The molecule has 2 aliphatic rings. The minimum Gasteiger partial charge on any atom is -0.504 e. The Morgan fingerprint density at radius 1 is 1.14 bits per heavy atom. The fraction of sp³-hybridized carbons (Fsp3) is 0.429. The molecule has 0 radical (unpaired) electrons. The van der Waals surface area contributed by atoms with Crippen LogP contribution in [0.2, 0.25) is 0 Å². The lowest BCUT2D eigenvalue weighted by Crippen LogP contribution is -2.32. The molecular weight excluding hydrogens is 378 g/mol. The molecule has 2 heterocycles. The second kappa shape index (κ2) is 9.00. The first-order valence-electron chi connectivity index (χ1n) is 9.32. The molecule has 0 unspecified atom stereocenters. The Labute approximate surface area is 169 Å². The quantitative estimate of drug-likeness (QED) is 0.722. The zero-order valence-electron chi connectivity index (χ0n) is 16.7. The summed E-state index contributed by atoms with van der Waals surface area (Å²) >= 11 is 0. The van der Waals surface area contributed by atoms with Crippen LogP contribution in [0.4, 0.5) is 0 Å². The summed E-state index contributed by atoms with van der Waals surface area (Å²) in [6.07, 6.45) is 5.22. The molecule has 0 saturated carbocycles. The van der Waals surface area contributed by atoms with E-state index in [2.05, 4.69) is 0 Å². The van der Waals surface area contributed by atoms with Crippen LogP contribution in [0, 0.1) is 0 Å². The van der Waals surface area contributed by atoms with Crippen molar-refractivity contribution in [3.8, 4) is 11.5 Å². The van der Waals surface area contributed by atoms with Gasteiger partial charge in [-0.25, -0.2) is 9.59 Å². The lowest BCUT2D eigenvalue weighted by Gasteiger charge is -2.31. The SMILES string of the molecule is COC(=O)C1=CN(C[C@H]2CCCO2)C=C(C(=O)OC)C1c1ccc(OC)c(O)c1. The summed E-state index contributed by atoms with van der Waals surface area (Å²) in [7, 11) is 4.01. The van der Waals surface area contributed by atoms with Crippen LogP contribution in [0.5, 0.6) is 11.5 Å². The lowest BCUT2D eigenvalue weighted by molar-refractivity contribution is -0.137. The molecule has 0 spiro atoms. The highest BCUT2D eigenvalue weighted by atomic mass is 16.5. The molecule has 1 aromatic carbocycles. The molecule has 1 fully saturated rings. The summed E-state index contributed by atoms with van der Waals surface area (Å²) < 4.78 is 20.7. The maximum atomic E-state index is 12.6. The Hall–Kier alpha value is -3.00. The first-order valence-corrected chi connectivity index (χ1v) is 9.32. The Balaban J connectivity index is 2.04. The molecule has 0 bridgehead atoms. The average Bonchev–Trinajstić information content (AvgIpc) is 3.24. The minimum atomic E-state index is -0.757. The van der Waals surface area contributed by atoms with Gasteiger partial charge in [0.25, 0.3) is 0 Å². The summed E-state index contributed by atoms with van der Waals surface area (Å²) in [6, 6.07) is 4.73. The molecule has 0 aliphatic carbocycles. The number of carbonyl (C=O) groups excluding carboxylic acids is 2. The van der Waals surface area contributed by atoms with Crippen LogP contribution in [0.3, 0.4) is 0 Å². The molecule has 29 heavy (non-hydrogen) atoms. The number of rotatable bonds is 6. The van der Waals surface area contributed by atoms with Crippen LogP contribution in [-0.4, -0.2) is 62.5 Å². The van der Waals surface area contributed by atoms with E-state index in [-0.39, 0.29) is 28.7 Å². The summed E-state index contributed by atoms with van der Waals surface area (Å²) in [6.45, 7) is 1.20. The highest BCUT2D eigenvalue weighted by Gasteiger charge is 2.36. The Kier molecular flexibility index (Phi) is 6.43. The molecule has 8 heteroatoms. The Morgan fingerprint density at radius 3 is 2.28 bits per heavy atom. The number of hydrogen-bond acceptors (Lipinski definition) is 8. The van der Waals surface area contributed by atoms with E-state index >= 15 is 0 Å². The van der Waals surface area contributed by atoms with Gasteiger partial charge in [-0.1, -0.05) is 6.07 Å². The van der Waals surface area contributed by atoms with Gasteiger partial charge in [0.05, 0.1) is 44.5 Å². The van der Waals surface area contributed by atoms with Crippen LogP contribution in [-0.2, 0) is 23.8 Å². The zero-order chi connectivity index (χ0) is 21.0. The van der Waals surface area contributed by atoms with Gasteiger partial charge in [0.2, 0.25) is 0 Å². The van der Waals surface area contributed by atoms with Gasteiger partial charge in [-0.05, 0) is 30.5 Å². The molecule has 0 amide bonds. The van der Waals surface area contributed by atoms with Gasteiger partial charge in [-0.3, -0.25) is 0 Å². The van der Waals surface area contributed by atoms with Crippen LogP contribution >= 0.6 is 0 Å². The smallest absolute Gasteiger partial charge is 0.336 e. The van der Waals surface area contributed by atoms with E-state index in [1.54, 1.807) is 29.4 Å². The standard InChI is InChI=1S/C21H25NO7/c1-26-18-7-6-13(9-17(18)23)19-15(20(24)27-2)11-22(10-14-5-4-8-29-14)12-16(19)21(25)28-3/h6-7,9,11-12,14,19,23H,4-5,8,10H2,1-3H3/t14-/m1/s1. The third kappa shape index (κ3) is 4.37. The number of phenolic OH excluding ortho intramolecular Hbond substituents is 1. The average molecular weight is 403 g/mol. The molecule has 1 N–H and O–H groups in total. The first-order chi connectivity index (χ1) is 14.0. The molecular formula is C21H25NO7. The second-order valence-corrected chi connectivity index (χ2v) is 6.85. The number of benzene rings is 1. The van der Waals surface area contributed by atoms with E-state index in [1.807, 2.05) is 0 Å². The lowest BCUT2D eigenvalue weighted by atomic mass is 9.83. The van der Waals surface area contributed by atoms with Crippen LogP contribution in [0.1, 0.15) is 24.3 Å². The first kappa shape index (κ1) is 20.7. The Morgan fingerprint density at radius 2 is 1.79 bits per heavy atom. The predicted octanol–water partition coefficient (Wildman–Crippen LogP) is 2.09. The van der Waals surface area contributed by atoms with Crippen molar-refractivity contribution in [2.24, 2.45) is 0 Å². The molecule has 0 aromatic heterocycles. The minimum absolute atomic E-state index is 0.0156. The predicted molar refractivity (Wildman–Crippen MR) is 103 cm³/mol. The fourth-order valence-corrected chi connectivity index (χ4v) is 3.66. The van der Waals surface area contributed by atoms with Gasteiger partial charge in [0.15, 0.2) is 11.5 Å². The number of aromatic hydroxyl groups is 1. The van der Waals surface area contributed by atoms with Gasteiger partial charge in [-0.2, -0.15) is 0 Å². The van der Waals surface area contributed by atoms with Crippen molar-refractivity contribution >= 4 is 11.9 Å². The third-order valence-electron chi connectivity index (χ3n) is 5.05. The molecule has 1 aromatic rings. The van der Waals surface area contributed by atoms with Gasteiger partial charge in [0.1, 0.15) is 0 Å². The summed E-state index contributed by atoms with van der Waals surface area (Å²) in [5.74, 6) is -1.71. The largest absolute Gasteiger partial charge is 0.504 e. The normalized spacial score (nSPS) is 19.4. The van der Waals surface area contributed by atoms with E-state index in [0.29, 0.717) is 18.7 Å². The topological polar surface area (TPSA) is 94.5 Å². The van der Waals surface area contributed by atoms with Gasteiger partial charge in [-0.15, -0.1) is 0 Å². The van der Waals surface area contributed by atoms with Crippen LogP contribution < -0.4 is 4.74 Å². The summed E-state index contributed by atoms with van der Waals surface area (Å²) in [5.41, 5.74) is 1.06. The maximum Gasteiger partial charge on any atom is 0.336 e. The number of methoxy groups -OCH3 is 3. The number of nitrogens with zero attached hydrogens (tertiary/aromatic N) is 1. The molecule has 156 valence electrons. The van der Waals surface area contributed by atoms with Crippen molar-refractivity contribution in [1.82, 2.24) is 4.90 Å². The summed E-state index contributed by atoms with van der Waals surface area (Å²) in [4.78, 5) is 26.9. The molecule has 2 aliphatic heterocycles. The van der Waals surface area contributed by atoms with Gasteiger partial charge in [0, 0.05) is 25.6 Å². The third-order valence-corrected chi connectivity index (χ3v) is 5.05. The Bertz CT molecular complexity index is 805. The number of hydrogen-bond donors (Lipinski definition) is 1. The van der Waals surface area contributed by atoms with Crippen LogP contribution in [0.25, 0.3) is 0 Å². The molecule has 1 atom stereocenters. The van der Waals surface area contributed by atoms with Crippen molar-refractivity contribution < 1.29 is 33.6 Å². The highest BCUT2D eigenvalue weighted by molar-refractivity contribution is 5.98. The summed E-state index contributed by atoms with van der Waals surface area (Å²) in [5, 5.41) is 10.2. The van der Waals surface area contributed by atoms with E-state index in [1.165, 1.54) is 27.4 Å². The maximum absolute atomic E-state index is 12.6. The second-order valence-electron chi connectivity index (χ2n) is 6.85. The van der Waals surface area contributed by atoms with Crippen molar-refractivity contribution in [2.75, 3.05) is 34.5 Å². The zero-order valence-corrected chi connectivity index (χ0v) is 16.7. The van der Waals surface area contributed by atoms with E-state index in [9.17, 15) is 14.7 Å². The van der Waals surface area contributed by atoms with Crippen molar-refractivity contribution in [2.45, 2.75) is 24.9 Å². The van der Waals surface area contributed by atoms with E-state index in [0.717, 1.165) is 12.8 Å². The van der Waals surface area contributed by atoms with Gasteiger partial charge >= 0.3 is 11.9 Å². The highest BCUT2D eigenvalue weighted by Crippen LogP contribution is 2.40. The van der Waals surface area contributed by atoms with Crippen LogP contribution in [0.15, 0.2) is 41.7 Å². The van der Waals surface area contributed by atoms with Gasteiger partial charge < -0.3 is 29.0 Å². The van der Waals surface area contributed by atoms with Crippen molar-refractivity contribution in [1.29, 1.82) is 0 Å². The van der Waals surface area contributed by atoms with Crippen molar-refractivity contribution in [3.05, 3.63) is 47.3 Å². The van der Waals surface area contributed by atoms with E-state index < -0.39 is 17.9 Å². The number of phenols is 1. The van der Waals surface area contributed by atoms with Crippen molar-refractivity contribution in [3.63, 3.8) is 0 Å². The monoisotopic (exact) mass is 403 g/mol. The fourth-order valence-electron chi connectivity index (χ4n) is 3.66. The molecule has 1 saturated heterocycles. The number of esters is 2. The van der Waals surface area contributed by atoms with E-state index in [4.69, 9.17) is 18.9 Å². The number of carbonyl (C=O) groups is 2. The molecule has 3 rings (SSSR count). The number of ether oxygens (including phenoxy) is 4. The molecule has 8 nitrogen and oxygen atoms in total.